The van der Waals surface area contributed by atoms with Gasteiger partial charge in [0.15, 0.2) is 0 Å². The second-order valence-corrected chi connectivity index (χ2v) is 4.72. The van der Waals surface area contributed by atoms with Crippen molar-refractivity contribution in [3.8, 4) is 0 Å². The quantitative estimate of drug-likeness (QED) is 0.921. The molecule has 1 heterocycles. The van der Waals surface area contributed by atoms with E-state index in [1.165, 1.54) is 10.6 Å². The molecular weight excluding hydrogens is 282 g/mol. The molecule has 2 rings (SSSR count). The van der Waals surface area contributed by atoms with Crippen LogP contribution in [0.15, 0.2) is 39.6 Å². The van der Waals surface area contributed by atoms with E-state index in [4.69, 9.17) is 5.73 Å². The number of nitrogen functional groups attached to an aromatic ring is 1. The third-order valence-corrected chi connectivity index (χ3v) is 2.95. The van der Waals surface area contributed by atoms with Gasteiger partial charge in [0.1, 0.15) is 0 Å². The Labute approximate surface area is 107 Å². The molecule has 0 unspecified atom stereocenters. The zero-order chi connectivity index (χ0) is 12.4. The minimum Gasteiger partial charge on any atom is -0.369 e. The molecule has 2 aromatic rings. The van der Waals surface area contributed by atoms with Gasteiger partial charge in [0.25, 0.3) is 5.56 Å². The molecule has 4 nitrogen and oxygen atoms in total. The number of benzene rings is 1. The van der Waals surface area contributed by atoms with Gasteiger partial charge in [-0.15, -0.1) is 0 Å². The Morgan fingerprint density at radius 2 is 2.00 bits per heavy atom. The van der Waals surface area contributed by atoms with Crippen LogP contribution in [0, 0.1) is 6.92 Å². The number of nitrogens with two attached hydrogens (primary N) is 1. The van der Waals surface area contributed by atoms with Gasteiger partial charge in [-0.1, -0.05) is 28.1 Å². The van der Waals surface area contributed by atoms with Crippen molar-refractivity contribution in [2.24, 2.45) is 0 Å². The van der Waals surface area contributed by atoms with Crippen LogP contribution in [0.1, 0.15) is 11.3 Å². The predicted octanol–water partition coefficient (Wildman–Crippen LogP) is 1.94. The van der Waals surface area contributed by atoms with E-state index in [0.717, 1.165) is 10.0 Å². The summed E-state index contributed by atoms with van der Waals surface area (Å²) in [7, 11) is 0. The molecule has 0 bridgehead atoms. The van der Waals surface area contributed by atoms with Crippen molar-refractivity contribution in [2.45, 2.75) is 13.5 Å². The number of hydrogen-bond acceptors (Lipinski definition) is 3. The first kappa shape index (κ1) is 11.9. The number of aromatic nitrogens is 2. The van der Waals surface area contributed by atoms with Crippen molar-refractivity contribution in [3.63, 3.8) is 0 Å². The second kappa shape index (κ2) is 4.71. The Hall–Kier alpha value is -1.62. The summed E-state index contributed by atoms with van der Waals surface area (Å²) >= 11 is 3.36. The molecule has 17 heavy (non-hydrogen) atoms. The number of nitrogens with zero attached hydrogens (tertiary/aromatic N) is 2. The lowest BCUT2D eigenvalue weighted by atomic mass is 10.2. The fraction of sp³-hybridized carbons (Fsp3) is 0.167. The first-order valence-corrected chi connectivity index (χ1v) is 5.94. The molecule has 0 aliphatic heterocycles. The third-order valence-electron chi connectivity index (χ3n) is 2.42. The molecule has 2 N–H and O–H groups in total. The van der Waals surface area contributed by atoms with Crippen LogP contribution in [0.25, 0.3) is 0 Å². The lowest BCUT2D eigenvalue weighted by Gasteiger charge is -2.09. The number of halogens is 1. The van der Waals surface area contributed by atoms with Crippen LogP contribution in [-0.4, -0.2) is 9.55 Å². The minimum atomic E-state index is -0.127. The van der Waals surface area contributed by atoms with E-state index in [1.54, 1.807) is 6.92 Å². The van der Waals surface area contributed by atoms with Gasteiger partial charge in [-0.05, 0) is 24.6 Å². The number of anilines is 1. The molecule has 0 aliphatic carbocycles. The van der Waals surface area contributed by atoms with Gasteiger partial charge in [-0.2, -0.15) is 0 Å². The smallest absolute Gasteiger partial charge is 0.255 e. The maximum atomic E-state index is 11.8. The summed E-state index contributed by atoms with van der Waals surface area (Å²) in [5, 5.41) is 0. The molecule has 88 valence electrons. The molecular formula is C12H12BrN3O. The highest BCUT2D eigenvalue weighted by Gasteiger charge is 2.04. The largest absolute Gasteiger partial charge is 0.369 e. The molecule has 0 saturated heterocycles. The maximum Gasteiger partial charge on any atom is 0.255 e. The van der Waals surface area contributed by atoms with E-state index in [2.05, 4.69) is 20.9 Å². The van der Waals surface area contributed by atoms with Crippen LogP contribution in [-0.2, 0) is 6.54 Å². The molecule has 0 atom stereocenters. The Morgan fingerprint density at radius 1 is 1.35 bits per heavy atom. The molecule has 5 heteroatoms. The van der Waals surface area contributed by atoms with Gasteiger partial charge >= 0.3 is 0 Å². The third kappa shape index (κ3) is 2.74. The summed E-state index contributed by atoms with van der Waals surface area (Å²) < 4.78 is 2.46. The predicted molar refractivity (Wildman–Crippen MR) is 70.9 cm³/mol. The Bertz CT molecular complexity index is 590. The Balaban J connectivity index is 2.36. The van der Waals surface area contributed by atoms with Crippen molar-refractivity contribution in [1.29, 1.82) is 0 Å². The van der Waals surface area contributed by atoms with Gasteiger partial charge in [-0.3, -0.25) is 9.36 Å². The monoisotopic (exact) mass is 293 g/mol. The Morgan fingerprint density at radius 3 is 2.59 bits per heavy atom. The first-order chi connectivity index (χ1) is 8.06. The van der Waals surface area contributed by atoms with Crippen LogP contribution in [0.5, 0.6) is 0 Å². The fourth-order valence-electron chi connectivity index (χ4n) is 1.57. The number of rotatable bonds is 2. The van der Waals surface area contributed by atoms with Crippen LogP contribution >= 0.6 is 15.9 Å². The van der Waals surface area contributed by atoms with E-state index in [-0.39, 0.29) is 11.5 Å². The highest BCUT2D eigenvalue weighted by Crippen LogP contribution is 2.11. The summed E-state index contributed by atoms with van der Waals surface area (Å²) in [6.07, 6.45) is 0. The van der Waals surface area contributed by atoms with E-state index < -0.39 is 0 Å². The second-order valence-electron chi connectivity index (χ2n) is 3.81. The van der Waals surface area contributed by atoms with Crippen molar-refractivity contribution < 1.29 is 0 Å². The average molecular weight is 294 g/mol. The fourth-order valence-corrected chi connectivity index (χ4v) is 1.84. The summed E-state index contributed by atoms with van der Waals surface area (Å²) in [6.45, 7) is 2.19. The molecule has 0 radical (unpaired) electrons. The molecule has 0 fully saturated rings. The SMILES string of the molecule is Cc1cc(=O)n(Cc2ccc(Br)cc2)c(N)n1. The average Bonchev–Trinajstić information content (AvgIpc) is 2.26. The molecule has 0 saturated carbocycles. The summed E-state index contributed by atoms with van der Waals surface area (Å²) in [5.74, 6) is 0.248. The molecule has 1 aromatic carbocycles. The topological polar surface area (TPSA) is 60.9 Å². The van der Waals surface area contributed by atoms with Crippen molar-refractivity contribution in [3.05, 3.63) is 56.4 Å². The van der Waals surface area contributed by atoms with Gasteiger partial charge in [-0.25, -0.2) is 4.98 Å². The van der Waals surface area contributed by atoms with Crippen LogP contribution in [0.4, 0.5) is 5.95 Å². The van der Waals surface area contributed by atoms with Crippen LogP contribution < -0.4 is 11.3 Å². The number of hydrogen-bond donors (Lipinski definition) is 1. The zero-order valence-corrected chi connectivity index (χ0v) is 10.9. The van der Waals surface area contributed by atoms with Gasteiger partial charge < -0.3 is 5.73 Å². The highest BCUT2D eigenvalue weighted by atomic mass is 79.9. The van der Waals surface area contributed by atoms with Crippen LogP contribution in [0.2, 0.25) is 0 Å². The number of aryl methyl sites for hydroxylation is 1. The Kier molecular flexibility index (Phi) is 3.28. The van der Waals surface area contributed by atoms with Crippen molar-refractivity contribution in [1.82, 2.24) is 9.55 Å². The molecule has 0 spiro atoms. The lowest BCUT2D eigenvalue weighted by molar-refractivity contribution is 0.746. The summed E-state index contributed by atoms with van der Waals surface area (Å²) in [6, 6.07) is 9.22. The van der Waals surface area contributed by atoms with E-state index >= 15 is 0 Å². The van der Waals surface area contributed by atoms with E-state index in [1.807, 2.05) is 24.3 Å². The van der Waals surface area contributed by atoms with Crippen molar-refractivity contribution in [2.75, 3.05) is 5.73 Å². The molecule has 0 aliphatic rings. The standard InChI is InChI=1S/C12H12BrN3O/c1-8-6-11(17)16(12(14)15-8)7-9-2-4-10(13)5-3-9/h2-6H,7H2,1H3,(H2,14,15). The maximum absolute atomic E-state index is 11.8. The highest BCUT2D eigenvalue weighted by molar-refractivity contribution is 9.10. The normalized spacial score (nSPS) is 10.5. The summed E-state index contributed by atoms with van der Waals surface area (Å²) in [4.78, 5) is 15.8. The van der Waals surface area contributed by atoms with Gasteiger partial charge in [0.2, 0.25) is 5.95 Å². The van der Waals surface area contributed by atoms with E-state index in [9.17, 15) is 4.79 Å². The minimum absolute atomic E-state index is 0.127. The first-order valence-electron chi connectivity index (χ1n) is 5.14. The van der Waals surface area contributed by atoms with Crippen molar-refractivity contribution >= 4 is 21.9 Å². The zero-order valence-electron chi connectivity index (χ0n) is 9.35. The van der Waals surface area contributed by atoms with Gasteiger partial charge in [0, 0.05) is 16.2 Å². The van der Waals surface area contributed by atoms with E-state index in [0.29, 0.717) is 12.2 Å². The molecule has 1 aromatic heterocycles. The summed E-state index contributed by atoms with van der Waals surface area (Å²) in [5.41, 5.74) is 7.26. The molecule has 0 amide bonds. The van der Waals surface area contributed by atoms with Gasteiger partial charge in [0.05, 0.1) is 6.54 Å². The lowest BCUT2D eigenvalue weighted by Crippen LogP contribution is -2.24. The van der Waals surface area contributed by atoms with Crippen LogP contribution in [0.3, 0.4) is 0 Å².